The highest BCUT2D eigenvalue weighted by Gasteiger charge is 2.39. The van der Waals surface area contributed by atoms with Crippen LogP contribution in [0.5, 0.6) is 0 Å². The molecular formula is C30H39N5O3. The summed E-state index contributed by atoms with van der Waals surface area (Å²) < 4.78 is 0. The number of nitrogens with one attached hydrogen (secondary N) is 2. The lowest BCUT2D eigenvalue weighted by Crippen LogP contribution is -2.55. The van der Waals surface area contributed by atoms with E-state index in [2.05, 4.69) is 21.7 Å². The van der Waals surface area contributed by atoms with Gasteiger partial charge in [-0.25, -0.2) is 4.98 Å². The summed E-state index contributed by atoms with van der Waals surface area (Å²) in [4.78, 5) is 48.2. The molecule has 1 saturated carbocycles. The van der Waals surface area contributed by atoms with Gasteiger partial charge in [0.15, 0.2) is 0 Å². The number of carbonyl (C=O) groups excluding carboxylic acids is 3. The van der Waals surface area contributed by atoms with Crippen LogP contribution >= 0.6 is 0 Å². The average molecular weight is 518 g/mol. The van der Waals surface area contributed by atoms with Gasteiger partial charge in [0.25, 0.3) is 0 Å². The molecule has 1 unspecified atom stereocenters. The molecule has 1 aromatic heterocycles. The number of benzene rings is 1. The van der Waals surface area contributed by atoms with Gasteiger partial charge in [-0.3, -0.25) is 19.3 Å². The molecule has 5 rings (SSSR count). The number of carbonyl (C=O) groups is 3. The van der Waals surface area contributed by atoms with E-state index in [0.717, 1.165) is 61.8 Å². The zero-order chi connectivity index (χ0) is 26.6. The maximum absolute atomic E-state index is 14.1. The van der Waals surface area contributed by atoms with Crippen LogP contribution in [0.15, 0.2) is 42.6 Å². The first-order valence-electron chi connectivity index (χ1n) is 14.1. The molecular weight excluding hydrogens is 478 g/mol. The molecule has 2 aliphatic heterocycles. The number of para-hydroxylation sites is 1. The largest absolute Gasteiger partial charge is 0.343 e. The summed E-state index contributed by atoms with van der Waals surface area (Å²) in [5, 5.41) is 6.10. The fourth-order valence-electron chi connectivity index (χ4n) is 6.26. The number of hydrogen-bond donors (Lipinski definition) is 2. The molecule has 3 heterocycles. The van der Waals surface area contributed by atoms with Crippen molar-refractivity contribution in [2.24, 2.45) is 5.92 Å². The van der Waals surface area contributed by atoms with Gasteiger partial charge in [0, 0.05) is 19.2 Å². The Bertz CT molecular complexity index is 1180. The predicted molar refractivity (Wildman–Crippen MR) is 147 cm³/mol. The molecule has 0 spiro atoms. The number of aromatic nitrogens is 1. The zero-order valence-corrected chi connectivity index (χ0v) is 22.5. The Morgan fingerprint density at radius 2 is 1.82 bits per heavy atom. The summed E-state index contributed by atoms with van der Waals surface area (Å²) in [7, 11) is 1.75. The quantitative estimate of drug-likeness (QED) is 0.578. The zero-order valence-electron chi connectivity index (χ0n) is 22.5. The van der Waals surface area contributed by atoms with E-state index >= 15 is 0 Å². The third-order valence-corrected chi connectivity index (χ3v) is 8.52. The van der Waals surface area contributed by atoms with Gasteiger partial charge >= 0.3 is 0 Å². The molecule has 0 bridgehead atoms. The lowest BCUT2D eigenvalue weighted by molar-refractivity contribution is -0.139. The highest BCUT2D eigenvalue weighted by molar-refractivity contribution is 6.02. The van der Waals surface area contributed by atoms with Crippen LogP contribution in [-0.2, 0) is 20.8 Å². The first-order valence-corrected chi connectivity index (χ1v) is 14.1. The number of pyridine rings is 1. The summed E-state index contributed by atoms with van der Waals surface area (Å²) in [5.74, 6) is 0.654. The van der Waals surface area contributed by atoms with E-state index in [4.69, 9.17) is 0 Å². The standard InChI is InChI=1S/C30H39N5O3/c1-20(31-2)29(37)33-28(22-10-4-3-5-11-22)30(38)34-18-8-13-24(34)23-16-17-32-26(19-23)35-25-12-7-6-9-21(25)14-15-27(35)36/h6-7,9,12,16-17,19-20,22,24,28,31H,3-5,8,10-11,13-15,18H2,1-2H3,(H,33,37)/t20?,24-,28-/m0/s1. The van der Waals surface area contributed by atoms with Gasteiger partial charge in [-0.15, -0.1) is 0 Å². The second-order valence-electron chi connectivity index (χ2n) is 10.9. The Balaban J connectivity index is 1.41. The van der Waals surface area contributed by atoms with Gasteiger partial charge in [-0.05, 0) is 81.3 Å². The van der Waals surface area contributed by atoms with Crippen LogP contribution in [0, 0.1) is 5.92 Å². The smallest absolute Gasteiger partial charge is 0.245 e. The summed E-state index contributed by atoms with van der Waals surface area (Å²) in [5.41, 5.74) is 3.00. The van der Waals surface area contributed by atoms with Crippen molar-refractivity contribution < 1.29 is 14.4 Å². The normalized spacial score (nSPS) is 21.6. The first kappa shape index (κ1) is 26.4. The van der Waals surface area contributed by atoms with Crippen LogP contribution in [-0.4, -0.2) is 53.3 Å². The molecule has 8 heteroatoms. The van der Waals surface area contributed by atoms with E-state index in [0.29, 0.717) is 18.8 Å². The number of aryl methyl sites for hydroxylation is 1. The molecule has 8 nitrogen and oxygen atoms in total. The fraction of sp³-hybridized carbons (Fsp3) is 0.533. The number of likely N-dealkylation sites (tertiary alicyclic amines) is 1. The van der Waals surface area contributed by atoms with E-state index in [1.165, 1.54) is 6.42 Å². The van der Waals surface area contributed by atoms with Crippen molar-refractivity contribution in [2.45, 2.75) is 82.8 Å². The van der Waals surface area contributed by atoms with Gasteiger partial charge in [0.2, 0.25) is 17.7 Å². The van der Waals surface area contributed by atoms with E-state index in [1.54, 1.807) is 18.1 Å². The van der Waals surface area contributed by atoms with Crippen molar-refractivity contribution in [3.8, 4) is 0 Å². The van der Waals surface area contributed by atoms with Crippen molar-refractivity contribution in [2.75, 3.05) is 18.5 Å². The Hall–Kier alpha value is -3.26. The molecule has 2 N–H and O–H groups in total. The van der Waals surface area contributed by atoms with Crippen molar-refractivity contribution in [3.05, 3.63) is 53.7 Å². The average Bonchev–Trinajstić information content (AvgIpc) is 3.45. The van der Waals surface area contributed by atoms with Gasteiger partial charge in [-0.1, -0.05) is 37.5 Å². The minimum Gasteiger partial charge on any atom is -0.343 e. The SMILES string of the molecule is CNC(C)C(=O)N[C@H](C(=O)N1CCC[C@H]1c1ccnc(N2C(=O)CCc3ccccc32)c1)C1CCCCC1. The van der Waals surface area contributed by atoms with Crippen molar-refractivity contribution >= 4 is 29.2 Å². The molecule has 3 amide bonds. The monoisotopic (exact) mass is 517 g/mol. The molecule has 0 radical (unpaired) electrons. The topological polar surface area (TPSA) is 94.6 Å². The van der Waals surface area contributed by atoms with Crippen LogP contribution in [0.1, 0.15) is 75.5 Å². The summed E-state index contributed by atoms with van der Waals surface area (Å²) in [6.45, 7) is 2.47. The predicted octanol–water partition coefficient (Wildman–Crippen LogP) is 4.03. The number of amides is 3. The Morgan fingerprint density at radius 1 is 1.03 bits per heavy atom. The number of rotatable bonds is 7. The fourth-order valence-corrected chi connectivity index (χ4v) is 6.26. The number of hydrogen-bond acceptors (Lipinski definition) is 5. The van der Waals surface area contributed by atoms with Crippen molar-refractivity contribution in [3.63, 3.8) is 0 Å². The Labute approximate surface area is 225 Å². The number of fused-ring (bicyclic) bond motifs is 1. The molecule has 3 atom stereocenters. The molecule has 2 fully saturated rings. The minimum atomic E-state index is -0.518. The van der Waals surface area contributed by atoms with Crippen LogP contribution in [0.25, 0.3) is 0 Å². The molecule has 1 saturated heterocycles. The Morgan fingerprint density at radius 3 is 2.61 bits per heavy atom. The molecule has 202 valence electrons. The maximum Gasteiger partial charge on any atom is 0.245 e. The van der Waals surface area contributed by atoms with Gasteiger partial charge in [-0.2, -0.15) is 0 Å². The molecule has 1 aromatic carbocycles. The summed E-state index contributed by atoms with van der Waals surface area (Å²) in [6.07, 6.45) is 9.95. The maximum atomic E-state index is 14.1. The number of likely N-dealkylation sites (N-methyl/N-ethyl adjacent to an activating group) is 1. The molecule has 38 heavy (non-hydrogen) atoms. The van der Waals surface area contributed by atoms with Crippen LogP contribution < -0.4 is 15.5 Å². The second-order valence-corrected chi connectivity index (χ2v) is 10.9. The third-order valence-electron chi connectivity index (χ3n) is 8.52. The highest BCUT2D eigenvalue weighted by Crippen LogP contribution is 2.38. The third kappa shape index (κ3) is 5.32. The summed E-state index contributed by atoms with van der Waals surface area (Å²) in [6, 6.07) is 10.9. The van der Waals surface area contributed by atoms with Crippen molar-refractivity contribution in [1.82, 2.24) is 20.5 Å². The van der Waals surface area contributed by atoms with Crippen LogP contribution in [0.2, 0.25) is 0 Å². The lowest BCUT2D eigenvalue weighted by atomic mass is 9.83. The van der Waals surface area contributed by atoms with E-state index in [-0.39, 0.29) is 35.7 Å². The van der Waals surface area contributed by atoms with Gasteiger partial charge in [0.1, 0.15) is 11.9 Å². The first-order chi connectivity index (χ1) is 18.5. The number of anilines is 2. The number of nitrogens with zero attached hydrogens (tertiary/aromatic N) is 3. The van der Waals surface area contributed by atoms with Gasteiger partial charge < -0.3 is 15.5 Å². The molecule has 2 aromatic rings. The van der Waals surface area contributed by atoms with Gasteiger partial charge in [0.05, 0.1) is 17.8 Å². The van der Waals surface area contributed by atoms with E-state index in [9.17, 15) is 14.4 Å². The van der Waals surface area contributed by atoms with Crippen LogP contribution in [0.4, 0.5) is 11.5 Å². The summed E-state index contributed by atoms with van der Waals surface area (Å²) >= 11 is 0. The molecule has 3 aliphatic rings. The highest BCUT2D eigenvalue weighted by atomic mass is 16.2. The molecule has 1 aliphatic carbocycles. The minimum absolute atomic E-state index is 0.00816. The Kier molecular flexibility index (Phi) is 8.07. The van der Waals surface area contributed by atoms with Crippen molar-refractivity contribution in [1.29, 1.82) is 0 Å². The van der Waals surface area contributed by atoms with Crippen LogP contribution in [0.3, 0.4) is 0 Å². The lowest BCUT2D eigenvalue weighted by Gasteiger charge is -2.36. The van der Waals surface area contributed by atoms with E-state index in [1.807, 2.05) is 42.2 Å². The second kappa shape index (κ2) is 11.6. The van der Waals surface area contributed by atoms with E-state index < -0.39 is 6.04 Å².